The molecule has 0 spiro atoms. The predicted molar refractivity (Wildman–Crippen MR) is 112 cm³/mol. The zero-order valence-corrected chi connectivity index (χ0v) is 15.8. The molecule has 2 atom stereocenters. The molecule has 4 rings (SSSR count). The monoisotopic (exact) mass is 379 g/mol. The number of anilines is 1. The number of aliphatic hydroxyl groups excluding tert-OH is 1. The minimum atomic E-state index is -1.49. The fourth-order valence-corrected chi connectivity index (χ4v) is 4.07. The normalized spacial score (nSPS) is 20.3. The number of hydrogen-bond acceptors (Lipinski definition) is 6. The Balaban J connectivity index is 1.41. The molecule has 0 radical (unpaired) electrons. The molecule has 0 saturated carbocycles. The van der Waals surface area contributed by atoms with E-state index in [1.165, 1.54) is 11.1 Å². The number of rotatable bonds is 5. The largest absolute Gasteiger partial charge is 0.488 e. The maximum atomic E-state index is 10.9. The van der Waals surface area contributed by atoms with Gasteiger partial charge in [0.2, 0.25) is 0 Å². The van der Waals surface area contributed by atoms with Gasteiger partial charge in [0.05, 0.1) is 6.04 Å². The Morgan fingerprint density at radius 3 is 2.79 bits per heavy atom. The summed E-state index contributed by atoms with van der Waals surface area (Å²) in [6, 6.07) is 13.6. The van der Waals surface area contributed by atoms with Crippen LogP contribution in [0, 0.1) is 0 Å². The molecule has 2 aromatic carbocycles. The van der Waals surface area contributed by atoms with Crippen LogP contribution in [0.15, 0.2) is 48.5 Å². The van der Waals surface area contributed by atoms with E-state index < -0.39 is 13.3 Å². The molecular formula is C21H26BN3O3. The lowest BCUT2D eigenvalue weighted by molar-refractivity contribution is -0.00183. The molecule has 28 heavy (non-hydrogen) atoms. The van der Waals surface area contributed by atoms with Gasteiger partial charge in [0, 0.05) is 25.3 Å². The molecule has 6 nitrogen and oxygen atoms in total. The molecule has 2 aliphatic heterocycles. The SMILES string of the molecule is NCc1cccc(C2=CCN(C(O)C3Cc4ccc(B(O)O)cc4N3)CC2)c1. The first-order valence-corrected chi connectivity index (χ1v) is 9.71. The molecule has 0 saturated heterocycles. The molecule has 6 N–H and O–H groups in total. The molecular weight excluding hydrogens is 353 g/mol. The first-order chi connectivity index (χ1) is 13.5. The standard InChI is InChI=1S/C21H26BN3O3/c23-13-14-2-1-3-16(10-14)15-6-8-25(9-7-15)21(26)20-11-17-4-5-18(22(27)28)12-19(17)24-20/h1-6,10,12,20-21,24,26-28H,7-9,11,13,23H2. The number of nitrogens with zero attached hydrogens (tertiary/aromatic N) is 1. The lowest BCUT2D eigenvalue weighted by Crippen LogP contribution is -2.47. The van der Waals surface area contributed by atoms with Gasteiger partial charge in [-0.25, -0.2) is 0 Å². The van der Waals surface area contributed by atoms with Gasteiger partial charge in [-0.05, 0) is 46.6 Å². The van der Waals surface area contributed by atoms with Gasteiger partial charge < -0.3 is 26.2 Å². The van der Waals surface area contributed by atoms with Gasteiger partial charge in [-0.3, -0.25) is 4.90 Å². The Bertz CT molecular complexity index is 887. The second kappa shape index (κ2) is 8.07. The summed E-state index contributed by atoms with van der Waals surface area (Å²) in [5.74, 6) is 0. The van der Waals surface area contributed by atoms with E-state index in [1.54, 1.807) is 12.1 Å². The number of fused-ring (bicyclic) bond motifs is 1. The predicted octanol–water partition coefficient (Wildman–Crippen LogP) is 0.269. The Kier molecular flexibility index (Phi) is 5.52. The van der Waals surface area contributed by atoms with Crippen molar-refractivity contribution in [2.24, 2.45) is 5.73 Å². The van der Waals surface area contributed by atoms with Crippen LogP contribution in [0.4, 0.5) is 5.69 Å². The van der Waals surface area contributed by atoms with Crippen LogP contribution in [0.2, 0.25) is 0 Å². The van der Waals surface area contributed by atoms with E-state index in [-0.39, 0.29) is 6.04 Å². The van der Waals surface area contributed by atoms with Gasteiger partial charge in [-0.1, -0.05) is 42.5 Å². The Labute approximate surface area is 165 Å². The summed E-state index contributed by atoms with van der Waals surface area (Å²) in [4.78, 5) is 2.07. The van der Waals surface area contributed by atoms with E-state index in [4.69, 9.17) is 5.73 Å². The van der Waals surface area contributed by atoms with Crippen LogP contribution in [0.25, 0.3) is 5.57 Å². The molecule has 146 valence electrons. The van der Waals surface area contributed by atoms with Gasteiger partial charge in [0.1, 0.15) is 6.23 Å². The molecule has 2 unspecified atom stereocenters. The quantitative estimate of drug-likeness (QED) is 0.478. The molecule has 0 fully saturated rings. The highest BCUT2D eigenvalue weighted by atomic mass is 16.4. The maximum absolute atomic E-state index is 10.9. The van der Waals surface area contributed by atoms with E-state index >= 15 is 0 Å². The Hall–Kier alpha value is -2.16. The summed E-state index contributed by atoms with van der Waals surface area (Å²) >= 11 is 0. The Morgan fingerprint density at radius 2 is 2.07 bits per heavy atom. The first kappa shape index (κ1) is 19.2. The van der Waals surface area contributed by atoms with Crippen LogP contribution in [0.5, 0.6) is 0 Å². The van der Waals surface area contributed by atoms with Crippen molar-refractivity contribution in [1.29, 1.82) is 0 Å². The molecule has 7 heteroatoms. The van der Waals surface area contributed by atoms with E-state index in [0.29, 0.717) is 25.0 Å². The van der Waals surface area contributed by atoms with Crippen LogP contribution in [0.3, 0.4) is 0 Å². The highest BCUT2D eigenvalue weighted by molar-refractivity contribution is 6.58. The number of aliphatic hydroxyl groups is 1. The summed E-state index contributed by atoms with van der Waals surface area (Å²) < 4.78 is 0. The average molecular weight is 379 g/mol. The topological polar surface area (TPSA) is 102 Å². The zero-order chi connectivity index (χ0) is 19.7. The van der Waals surface area contributed by atoms with Crippen molar-refractivity contribution in [3.05, 3.63) is 65.2 Å². The van der Waals surface area contributed by atoms with Gasteiger partial charge in [-0.15, -0.1) is 0 Å². The van der Waals surface area contributed by atoms with Gasteiger partial charge in [-0.2, -0.15) is 0 Å². The summed E-state index contributed by atoms with van der Waals surface area (Å²) in [6.45, 7) is 2.02. The van der Waals surface area contributed by atoms with Crippen molar-refractivity contribution in [2.75, 3.05) is 18.4 Å². The van der Waals surface area contributed by atoms with Gasteiger partial charge in [0.15, 0.2) is 0 Å². The molecule has 2 aliphatic rings. The Morgan fingerprint density at radius 1 is 1.21 bits per heavy atom. The second-order valence-corrected chi connectivity index (χ2v) is 7.54. The average Bonchev–Trinajstić information content (AvgIpc) is 3.16. The lowest BCUT2D eigenvalue weighted by atomic mass is 9.80. The smallest absolute Gasteiger partial charge is 0.423 e. The van der Waals surface area contributed by atoms with Crippen molar-refractivity contribution in [2.45, 2.75) is 31.7 Å². The summed E-state index contributed by atoms with van der Waals surface area (Å²) in [5.41, 5.74) is 11.8. The van der Waals surface area contributed by atoms with Crippen molar-refractivity contribution < 1.29 is 15.2 Å². The highest BCUT2D eigenvalue weighted by Gasteiger charge is 2.32. The molecule has 0 bridgehead atoms. The highest BCUT2D eigenvalue weighted by Crippen LogP contribution is 2.29. The van der Waals surface area contributed by atoms with Crippen molar-refractivity contribution in [3.8, 4) is 0 Å². The zero-order valence-electron chi connectivity index (χ0n) is 15.8. The summed E-state index contributed by atoms with van der Waals surface area (Å²) in [7, 11) is -1.49. The summed E-state index contributed by atoms with van der Waals surface area (Å²) in [5, 5.41) is 32.9. The van der Waals surface area contributed by atoms with Crippen molar-refractivity contribution >= 4 is 23.8 Å². The summed E-state index contributed by atoms with van der Waals surface area (Å²) in [6.07, 6.45) is 3.17. The minimum absolute atomic E-state index is 0.114. The number of benzene rings is 2. The van der Waals surface area contributed by atoms with Crippen LogP contribution < -0.4 is 16.5 Å². The molecule has 2 aromatic rings. The fraction of sp³-hybridized carbons (Fsp3) is 0.333. The molecule has 0 aromatic heterocycles. The van der Waals surface area contributed by atoms with Gasteiger partial charge in [0.25, 0.3) is 0 Å². The van der Waals surface area contributed by atoms with E-state index in [2.05, 4.69) is 28.4 Å². The second-order valence-electron chi connectivity index (χ2n) is 7.54. The van der Waals surface area contributed by atoms with E-state index in [9.17, 15) is 15.2 Å². The van der Waals surface area contributed by atoms with Crippen LogP contribution in [-0.2, 0) is 13.0 Å². The van der Waals surface area contributed by atoms with E-state index in [0.717, 1.165) is 29.8 Å². The molecule has 0 amide bonds. The van der Waals surface area contributed by atoms with Crippen molar-refractivity contribution in [3.63, 3.8) is 0 Å². The molecule has 2 heterocycles. The van der Waals surface area contributed by atoms with E-state index in [1.807, 2.05) is 18.2 Å². The number of hydrogen-bond donors (Lipinski definition) is 5. The minimum Gasteiger partial charge on any atom is -0.423 e. The third kappa shape index (κ3) is 3.85. The number of nitrogens with two attached hydrogens (primary N) is 1. The third-order valence-electron chi connectivity index (χ3n) is 5.72. The fourth-order valence-electron chi connectivity index (χ4n) is 4.07. The first-order valence-electron chi connectivity index (χ1n) is 9.71. The van der Waals surface area contributed by atoms with Crippen molar-refractivity contribution in [1.82, 2.24) is 4.90 Å². The van der Waals surface area contributed by atoms with Crippen LogP contribution in [-0.4, -0.2) is 52.5 Å². The molecule has 0 aliphatic carbocycles. The van der Waals surface area contributed by atoms with Crippen LogP contribution >= 0.6 is 0 Å². The maximum Gasteiger partial charge on any atom is 0.488 e. The third-order valence-corrected chi connectivity index (χ3v) is 5.72. The lowest BCUT2D eigenvalue weighted by Gasteiger charge is -2.34. The number of nitrogens with one attached hydrogen (secondary N) is 1. The van der Waals surface area contributed by atoms with Gasteiger partial charge >= 0.3 is 7.12 Å². The van der Waals surface area contributed by atoms with Crippen LogP contribution in [0.1, 0.15) is 23.1 Å².